The van der Waals surface area contributed by atoms with Crippen molar-refractivity contribution in [2.24, 2.45) is 11.8 Å². The van der Waals surface area contributed by atoms with Crippen LogP contribution in [0.25, 0.3) is 10.9 Å². The van der Waals surface area contributed by atoms with E-state index in [0.29, 0.717) is 13.1 Å². The number of ether oxygens (including phenoxy) is 1. The number of nitrogens with one attached hydrogen (secondary N) is 2. The van der Waals surface area contributed by atoms with Gasteiger partial charge in [-0.25, -0.2) is 0 Å². The maximum Gasteiger partial charge on any atom is 0.231 e. The molecule has 3 aromatic rings. The number of rotatable bonds is 5. The number of fused-ring (bicyclic) bond motifs is 2. The highest BCUT2D eigenvalue weighted by molar-refractivity contribution is 5.99. The van der Waals surface area contributed by atoms with E-state index in [0.717, 1.165) is 17.6 Å². The molecule has 6 nitrogen and oxygen atoms in total. The number of aromatic amines is 1. The van der Waals surface area contributed by atoms with Crippen LogP contribution in [0.1, 0.15) is 5.56 Å². The summed E-state index contributed by atoms with van der Waals surface area (Å²) in [7, 11) is 0. The number of para-hydroxylation sites is 2. The van der Waals surface area contributed by atoms with Crippen LogP contribution < -0.4 is 5.32 Å². The van der Waals surface area contributed by atoms with Gasteiger partial charge in [0.25, 0.3) is 0 Å². The summed E-state index contributed by atoms with van der Waals surface area (Å²) in [4.78, 5) is 31.6. The van der Waals surface area contributed by atoms with E-state index < -0.39 is 17.4 Å². The minimum absolute atomic E-state index is 0.0138. The van der Waals surface area contributed by atoms with Crippen molar-refractivity contribution in [1.29, 1.82) is 0 Å². The molecule has 1 spiro atoms. The lowest BCUT2D eigenvalue weighted by Gasteiger charge is -2.23. The molecule has 4 heterocycles. The number of hydrogen-bond acceptors (Lipinski definition) is 3. The average molecular weight is 413 g/mol. The lowest BCUT2D eigenvalue weighted by atomic mass is 9.77. The molecular weight excluding hydrogens is 390 g/mol. The zero-order valence-corrected chi connectivity index (χ0v) is 17.0. The van der Waals surface area contributed by atoms with Crippen molar-refractivity contribution in [3.8, 4) is 0 Å². The van der Waals surface area contributed by atoms with Gasteiger partial charge >= 0.3 is 0 Å². The molecule has 31 heavy (non-hydrogen) atoms. The monoisotopic (exact) mass is 413 g/mol. The second kappa shape index (κ2) is 6.82. The number of amides is 2. The minimum Gasteiger partial charge on any atom is -0.361 e. The second-order valence-electron chi connectivity index (χ2n) is 8.62. The molecule has 1 aromatic heterocycles. The van der Waals surface area contributed by atoms with E-state index in [1.54, 1.807) is 0 Å². The zero-order valence-electron chi connectivity index (χ0n) is 17.0. The molecule has 2 bridgehead atoms. The normalized spacial score (nSPS) is 28.5. The maximum absolute atomic E-state index is 13.4. The van der Waals surface area contributed by atoms with Crippen molar-refractivity contribution in [2.45, 2.75) is 18.1 Å². The lowest BCUT2D eigenvalue weighted by molar-refractivity contribution is -0.135. The average Bonchev–Trinajstić information content (AvgIpc) is 3.53. The summed E-state index contributed by atoms with van der Waals surface area (Å²) in [6, 6.07) is 17.5. The molecule has 6 heteroatoms. The Kier molecular flexibility index (Phi) is 4.05. The number of anilines is 1. The molecule has 2 fully saturated rings. The first-order chi connectivity index (χ1) is 15.1. The fourth-order valence-electron chi connectivity index (χ4n) is 5.41. The Balaban J connectivity index is 1.21. The SMILES string of the molecule is O=C(Nc1ccccc1)[C@@H]1[C@H]2C=C[C@]3(CN(CCc4c[nH]c5ccccc45)C(=O)[C@@H]13)O2. The topological polar surface area (TPSA) is 74.4 Å². The van der Waals surface area contributed by atoms with Gasteiger partial charge in [0.15, 0.2) is 0 Å². The van der Waals surface area contributed by atoms with Crippen LogP contribution in [-0.2, 0) is 20.7 Å². The summed E-state index contributed by atoms with van der Waals surface area (Å²) in [5.74, 6) is -1.11. The molecule has 4 atom stereocenters. The fourth-order valence-corrected chi connectivity index (χ4v) is 5.41. The van der Waals surface area contributed by atoms with Crippen LogP contribution in [0.5, 0.6) is 0 Å². The number of nitrogens with zero attached hydrogens (tertiary/aromatic N) is 1. The minimum atomic E-state index is -0.680. The molecule has 6 rings (SSSR count). The van der Waals surface area contributed by atoms with Crippen LogP contribution >= 0.6 is 0 Å². The molecular formula is C25H23N3O3. The van der Waals surface area contributed by atoms with Gasteiger partial charge in [0, 0.05) is 29.3 Å². The number of benzene rings is 2. The first kappa shape index (κ1) is 18.4. The fraction of sp³-hybridized carbons (Fsp3) is 0.280. The van der Waals surface area contributed by atoms with E-state index in [9.17, 15) is 9.59 Å². The summed E-state index contributed by atoms with van der Waals surface area (Å²) >= 11 is 0. The van der Waals surface area contributed by atoms with Crippen LogP contribution in [0.4, 0.5) is 5.69 Å². The third-order valence-electron chi connectivity index (χ3n) is 6.85. The largest absolute Gasteiger partial charge is 0.361 e. The molecule has 2 N–H and O–H groups in total. The number of likely N-dealkylation sites (tertiary alicyclic amines) is 1. The zero-order chi connectivity index (χ0) is 21.0. The molecule has 2 aromatic carbocycles. The molecule has 0 radical (unpaired) electrons. The first-order valence-corrected chi connectivity index (χ1v) is 10.7. The number of carbonyl (C=O) groups excluding carboxylic acids is 2. The van der Waals surface area contributed by atoms with Crippen molar-refractivity contribution < 1.29 is 14.3 Å². The van der Waals surface area contributed by atoms with Crippen molar-refractivity contribution in [1.82, 2.24) is 9.88 Å². The molecule has 0 unspecified atom stereocenters. The summed E-state index contributed by atoms with van der Waals surface area (Å²) in [6.07, 6.45) is 6.38. The molecule has 0 saturated carbocycles. The number of carbonyl (C=O) groups is 2. The van der Waals surface area contributed by atoms with E-state index in [1.165, 1.54) is 10.9 Å². The summed E-state index contributed by atoms with van der Waals surface area (Å²) in [5, 5.41) is 4.15. The van der Waals surface area contributed by atoms with Gasteiger partial charge in [-0.2, -0.15) is 0 Å². The van der Waals surface area contributed by atoms with E-state index in [1.807, 2.05) is 65.7 Å². The van der Waals surface area contributed by atoms with Gasteiger partial charge in [-0.3, -0.25) is 9.59 Å². The number of hydrogen-bond donors (Lipinski definition) is 2. The van der Waals surface area contributed by atoms with Crippen molar-refractivity contribution in [2.75, 3.05) is 18.4 Å². The molecule has 3 aliphatic heterocycles. The highest BCUT2D eigenvalue weighted by atomic mass is 16.5. The van der Waals surface area contributed by atoms with Gasteiger partial charge in [0.1, 0.15) is 5.60 Å². The van der Waals surface area contributed by atoms with Gasteiger partial charge in [0.05, 0.1) is 24.5 Å². The van der Waals surface area contributed by atoms with E-state index >= 15 is 0 Å². The Bertz CT molecular complexity index is 1200. The Morgan fingerprint density at radius 1 is 1.16 bits per heavy atom. The summed E-state index contributed by atoms with van der Waals surface area (Å²) in [5.41, 5.74) is 2.34. The highest BCUT2D eigenvalue weighted by Crippen LogP contribution is 2.52. The van der Waals surface area contributed by atoms with Crippen molar-refractivity contribution in [3.05, 3.63) is 78.5 Å². The van der Waals surface area contributed by atoms with Crippen molar-refractivity contribution >= 4 is 28.4 Å². The predicted molar refractivity (Wildman–Crippen MR) is 117 cm³/mol. The summed E-state index contributed by atoms with van der Waals surface area (Å²) in [6.45, 7) is 1.11. The molecule has 2 saturated heterocycles. The van der Waals surface area contributed by atoms with E-state index in [-0.39, 0.29) is 17.9 Å². The standard InChI is InChI=1S/C25H23N3O3/c29-23(27-17-6-2-1-3-7-17)21-20-10-12-25(31-20)15-28(24(30)22(21)25)13-11-16-14-26-19-9-5-4-8-18(16)19/h1-10,12,14,20-22,26H,11,13,15H2,(H,27,29)/t20-,21-,22-,25-/m1/s1. The third-order valence-corrected chi connectivity index (χ3v) is 6.85. The van der Waals surface area contributed by atoms with E-state index in [4.69, 9.17) is 4.74 Å². The molecule has 156 valence electrons. The number of H-pyrrole nitrogens is 1. The molecule has 3 aliphatic rings. The second-order valence-corrected chi connectivity index (χ2v) is 8.62. The van der Waals surface area contributed by atoms with Crippen LogP contribution in [0.2, 0.25) is 0 Å². The smallest absolute Gasteiger partial charge is 0.231 e. The summed E-state index contributed by atoms with van der Waals surface area (Å²) < 4.78 is 6.22. The maximum atomic E-state index is 13.4. The predicted octanol–water partition coefficient (Wildman–Crippen LogP) is 3.13. The quantitative estimate of drug-likeness (QED) is 0.631. The Hall–Kier alpha value is -3.38. The number of aromatic nitrogens is 1. The van der Waals surface area contributed by atoms with Gasteiger partial charge in [-0.05, 0) is 30.2 Å². The van der Waals surface area contributed by atoms with Crippen LogP contribution in [0.3, 0.4) is 0 Å². The van der Waals surface area contributed by atoms with E-state index in [2.05, 4.69) is 22.4 Å². The van der Waals surface area contributed by atoms with Gasteiger partial charge < -0.3 is 19.9 Å². The molecule has 2 amide bonds. The highest BCUT2D eigenvalue weighted by Gasteiger charge is 2.66. The van der Waals surface area contributed by atoms with Gasteiger partial charge in [-0.15, -0.1) is 0 Å². The van der Waals surface area contributed by atoms with Crippen LogP contribution in [0, 0.1) is 11.8 Å². The van der Waals surface area contributed by atoms with Crippen LogP contribution in [0.15, 0.2) is 72.9 Å². The van der Waals surface area contributed by atoms with Crippen molar-refractivity contribution in [3.63, 3.8) is 0 Å². The third kappa shape index (κ3) is 2.82. The van der Waals surface area contributed by atoms with Crippen LogP contribution in [-0.4, -0.2) is 46.5 Å². The van der Waals surface area contributed by atoms with Gasteiger partial charge in [0.2, 0.25) is 11.8 Å². The Morgan fingerprint density at radius 3 is 2.84 bits per heavy atom. The lowest BCUT2D eigenvalue weighted by Crippen LogP contribution is -2.41. The molecule has 0 aliphatic carbocycles. The van der Waals surface area contributed by atoms with Gasteiger partial charge in [-0.1, -0.05) is 48.6 Å². The Morgan fingerprint density at radius 2 is 1.97 bits per heavy atom. The Labute approximate surface area is 179 Å². The first-order valence-electron chi connectivity index (χ1n) is 10.7.